The van der Waals surface area contributed by atoms with Gasteiger partial charge in [0.2, 0.25) is 0 Å². The zero-order valence-corrected chi connectivity index (χ0v) is 12.0. The van der Waals surface area contributed by atoms with Crippen LogP contribution in [-0.4, -0.2) is 17.2 Å². The van der Waals surface area contributed by atoms with E-state index in [2.05, 4.69) is 18.3 Å². The smallest absolute Gasteiger partial charge is 0.408 e. The Morgan fingerprint density at radius 3 is 2.95 bits per heavy atom. The van der Waals surface area contributed by atoms with Gasteiger partial charge in [-0.05, 0) is 49.9 Å². The maximum Gasteiger partial charge on any atom is 0.419 e. The zero-order chi connectivity index (χ0) is 12.7. The minimum absolute atomic E-state index is 0. The molecule has 5 heteroatoms. The number of fused-ring (bicyclic) bond motifs is 1. The lowest BCUT2D eigenvalue weighted by Crippen LogP contribution is -2.34. The molecule has 1 N–H and O–H groups in total. The highest BCUT2D eigenvalue weighted by Gasteiger charge is 2.20. The number of aromatic nitrogens is 1. The summed E-state index contributed by atoms with van der Waals surface area (Å²) in [6.45, 7) is 3.27. The first kappa shape index (κ1) is 14.2. The van der Waals surface area contributed by atoms with Crippen LogP contribution in [0, 0.1) is 0 Å². The van der Waals surface area contributed by atoms with Gasteiger partial charge in [0.1, 0.15) is 0 Å². The Kier molecular flexibility index (Phi) is 4.02. The Labute approximate surface area is 118 Å². The summed E-state index contributed by atoms with van der Waals surface area (Å²) in [5.74, 6) is 0.275. The van der Waals surface area contributed by atoms with Crippen LogP contribution in [0.25, 0.3) is 11.1 Å². The number of oxazole rings is 1. The van der Waals surface area contributed by atoms with Gasteiger partial charge in [-0.25, -0.2) is 4.79 Å². The van der Waals surface area contributed by atoms with Crippen LogP contribution in [0.1, 0.15) is 31.2 Å². The van der Waals surface area contributed by atoms with Gasteiger partial charge in [-0.2, -0.15) is 0 Å². The fourth-order valence-electron chi connectivity index (χ4n) is 2.84. The normalized spacial score (nSPS) is 23.3. The molecule has 104 valence electrons. The number of aryl methyl sites for hydroxylation is 1. The molecule has 1 saturated heterocycles. The third kappa shape index (κ3) is 2.55. The second-order valence-electron chi connectivity index (χ2n) is 5.23. The number of benzene rings is 1. The lowest BCUT2D eigenvalue weighted by molar-refractivity contribution is 0.381. The molecular weight excluding hydrogens is 264 g/mol. The van der Waals surface area contributed by atoms with Crippen molar-refractivity contribution in [1.29, 1.82) is 0 Å². The van der Waals surface area contributed by atoms with Crippen molar-refractivity contribution in [3.63, 3.8) is 0 Å². The third-order valence-corrected chi connectivity index (χ3v) is 3.91. The highest BCUT2D eigenvalue weighted by molar-refractivity contribution is 5.85. The molecule has 1 fully saturated rings. The first-order chi connectivity index (χ1) is 8.65. The summed E-state index contributed by atoms with van der Waals surface area (Å²) in [5, 5.41) is 3.45. The van der Waals surface area contributed by atoms with Gasteiger partial charge in [0, 0.05) is 13.1 Å². The number of halogens is 1. The highest BCUT2D eigenvalue weighted by atomic mass is 35.5. The van der Waals surface area contributed by atoms with Gasteiger partial charge in [-0.3, -0.25) is 4.57 Å². The molecule has 1 aromatic carbocycles. The molecule has 0 saturated carbocycles. The first-order valence-electron chi connectivity index (χ1n) is 6.48. The molecule has 2 heterocycles. The van der Waals surface area contributed by atoms with E-state index < -0.39 is 0 Å². The molecule has 4 nitrogen and oxygen atoms in total. The number of piperidine rings is 1. The number of rotatable bonds is 1. The van der Waals surface area contributed by atoms with Crippen LogP contribution in [0.15, 0.2) is 27.4 Å². The standard InChI is InChI=1S/C14H18N2O2.ClH/c1-9-7-11(5-6-15-9)10-3-4-12-13(8-10)18-14(17)16(12)2;/h3-4,8-9,11,15H,5-7H2,1-2H3;1H. The van der Waals surface area contributed by atoms with Gasteiger partial charge in [0.15, 0.2) is 5.58 Å². The van der Waals surface area contributed by atoms with Gasteiger partial charge in [-0.1, -0.05) is 6.07 Å². The van der Waals surface area contributed by atoms with Crippen LogP contribution >= 0.6 is 12.4 Å². The van der Waals surface area contributed by atoms with Crippen LogP contribution in [0.2, 0.25) is 0 Å². The number of nitrogens with one attached hydrogen (secondary N) is 1. The minimum atomic E-state index is -0.291. The van der Waals surface area contributed by atoms with E-state index in [0.717, 1.165) is 24.9 Å². The molecule has 0 aliphatic carbocycles. The molecule has 1 aliphatic heterocycles. The van der Waals surface area contributed by atoms with Crippen molar-refractivity contribution in [3.8, 4) is 0 Å². The van der Waals surface area contributed by atoms with E-state index in [4.69, 9.17) is 4.42 Å². The van der Waals surface area contributed by atoms with E-state index in [-0.39, 0.29) is 18.2 Å². The van der Waals surface area contributed by atoms with E-state index in [1.165, 1.54) is 5.56 Å². The maximum atomic E-state index is 11.5. The molecule has 0 radical (unpaired) electrons. The quantitative estimate of drug-likeness (QED) is 0.874. The number of hydrogen-bond donors (Lipinski definition) is 1. The molecule has 19 heavy (non-hydrogen) atoms. The van der Waals surface area contributed by atoms with Crippen molar-refractivity contribution in [1.82, 2.24) is 9.88 Å². The summed E-state index contributed by atoms with van der Waals surface area (Å²) in [6, 6.07) is 6.70. The molecule has 2 unspecified atom stereocenters. The topological polar surface area (TPSA) is 47.2 Å². The molecule has 3 rings (SSSR count). The molecule has 0 amide bonds. The molecular formula is C14H19ClN2O2. The predicted octanol–water partition coefficient (Wildman–Crippen LogP) is 2.41. The highest BCUT2D eigenvalue weighted by Crippen LogP contribution is 2.29. The Hall–Kier alpha value is -1.26. The van der Waals surface area contributed by atoms with Crippen molar-refractivity contribution < 1.29 is 4.42 Å². The number of nitrogens with zero attached hydrogens (tertiary/aromatic N) is 1. The molecule has 0 spiro atoms. The van der Waals surface area contributed by atoms with E-state index in [1.807, 2.05) is 12.1 Å². The lowest BCUT2D eigenvalue weighted by atomic mass is 9.87. The average molecular weight is 283 g/mol. The molecule has 0 bridgehead atoms. The Morgan fingerprint density at radius 1 is 1.42 bits per heavy atom. The van der Waals surface area contributed by atoms with Gasteiger partial charge in [0.25, 0.3) is 0 Å². The van der Waals surface area contributed by atoms with E-state index in [0.29, 0.717) is 17.5 Å². The summed E-state index contributed by atoms with van der Waals surface area (Å²) in [6.07, 6.45) is 2.29. The van der Waals surface area contributed by atoms with E-state index in [9.17, 15) is 4.79 Å². The SMILES string of the molecule is CC1CC(c2ccc3c(c2)oc(=O)n3C)CCN1.Cl. The summed E-state index contributed by atoms with van der Waals surface area (Å²) < 4.78 is 6.79. The Balaban J connectivity index is 0.00000133. The van der Waals surface area contributed by atoms with Crippen molar-refractivity contribution >= 4 is 23.5 Å². The predicted molar refractivity (Wildman–Crippen MR) is 78.1 cm³/mol. The van der Waals surface area contributed by atoms with Crippen molar-refractivity contribution in [2.24, 2.45) is 7.05 Å². The Morgan fingerprint density at radius 2 is 2.21 bits per heavy atom. The summed E-state index contributed by atoms with van der Waals surface area (Å²) >= 11 is 0. The summed E-state index contributed by atoms with van der Waals surface area (Å²) in [4.78, 5) is 11.5. The van der Waals surface area contributed by atoms with Crippen molar-refractivity contribution in [3.05, 3.63) is 34.3 Å². The fourth-order valence-corrected chi connectivity index (χ4v) is 2.84. The fraction of sp³-hybridized carbons (Fsp3) is 0.500. The third-order valence-electron chi connectivity index (χ3n) is 3.91. The zero-order valence-electron chi connectivity index (χ0n) is 11.2. The largest absolute Gasteiger partial charge is 0.419 e. The summed E-state index contributed by atoms with van der Waals surface area (Å²) in [5.41, 5.74) is 2.85. The molecule has 1 aliphatic rings. The van der Waals surface area contributed by atoms with Crippen LogP contribution in [0.3, 0.4) is 0 Å². The monoisotopic (exact) mass is 282 g/mol. The Bertz CT molecular complexity index is 632. The van der Waals surface area contributed by atoms with Crippen LogP contribution in [-0.2, 0) is 7.05 Å². The van der Waals surface area contributed by atoms with Gasteiger partial charge in [0.05, 0.1) is 5.52 Å². The molecule has 2 atom stereocenters. The van der Waals surface area contributed by atoms with Crippen molar-refractivity contribution in [2.75, 3.05) is 6.54 Å². The van der Waals surface area contributed by atoms with Gasteiger partial charge < -0.3 is 9.73 Å². The summed E-state index contributed by atoms with van der Waals surface area (Å²) in [7, 11) is 1.74. The number of hydrogen-bond acceptors (Lipinski definition) is 3. The maximum absolute atomic E-state index is 11.5. The van der Waals surface area contributed by atoms with E-state index >= 15 is 0 Å². The van der Waals surface area contributed by atoms with Crippen LogP contribution < -0.4 is 11.1 Å². The van der Waals surface area contributed by atoms with Gasteiger partial charge in [-0.15, -0.1) is 12.4 Å². The van der Waals surface area contributed by atoms with Gasteiger partial charge >= 0.3 is 5.76 Å². The molecule has 2 aromatic rings. The molecule has 1 aromatic heterocycles. The van der Waals surface area contributed by atoms with E-state index in [1.54, 1.807) is 11.6 Å². The second-order valence-corrected chi connectivity index (χ2v) is 5.23. The minimum Gasteiger partial charge on any atom is -0.408 e. The second kappa shape index (κ2) is 5.39. The first-order valence-corrected chi connectivity index (χ1v) is 6.48. The van der Waals surface area contributed by atoms with Crippen molar-refractivity contribution in [2.45, 2.75) is 31.7 Å². The average Bonchev–Trinajstić information content (AvgIpc) is 2.65. The van der Waals surface area contributed by atoms with Crippen LogP contribution in [0.4, 0.5) is 0 Å². The lowest BCUT2D eigenvalue weighted by Gasteiger charge is -2.28. The van der Waals surface area contributed by atoms with Crippen LogP contribution in [0.5, 0.6) is 0 Å².